The standard InChI is InChI=1S/C8H20O2Si/c1-6-8(5,9)10-11-7(2,3)4/h9H,6,11H2,1-5H3. The predicted molar refractivity (Wildman–Crippen MR) is 50.3 cm³/mol. The topological polar surface area (TPSA) is 29.5 Å². The maximum atomic E-state index is 9.50. The summed E-state index contributed by atoms with van der Waals surface area (Å²) in [7, 11) is -0.616. The fourth-order valence-electron chi connectivity index (χ4n) is 0.474. The second-order valence-electron chi connectivity index (χ2n) is 4.38. The van der Waals surface area contributed by atoms with Crippen molar-refractivity contribution in [2.45, 2.75) is 51.9 Å². The van der Waals surface area contributed by atoms with Gasteiger partial charge in [0.25, 0.3) is 0 Å². The summed E-state index contributed by atoms with van der Waals surface area (Å²) < 4.78 is 5.44. The minimum Gasteiger partial charge on any atom is -0.397 e. The molecule has 68 valence electrons. The van der Waals surface area contributed by atoms with E-state index in [4.69, 9.17) is 4.43 Å². The number of hydrogen-bond donors (Lipinski definition) is 1. The molecular weight excluding hydrogens is 156 g/mol. The SMILES string of the molecule is CCC(C)(O)O[SiH2]C(C)(C)C. The summed E-state index contributed by atoms with van der Waals surface area (Å²) in [5, 5.41) is 9.76. The van der Waals surface area contributed by atoms with Crippen LogP contribution in [0.4, 0.5) is 0 Å². The fourth-order valence-corrected chi connectivity index (χ4v) is 1.42. The van der Waals surface area contributed by atoms with E-state index in [0.29, 0.717) is 6.42 Å². The Hall–Kier alpha value is 0.137. The lowest BCUT2D eigenvalue weighted by atomic mass is 10.2. The summed E-state index contributed by atoms with van der Waals surface area (Å²) in [5.41, 5.74) is 0. The molecule has 0 saturated heterocycles. The second-order valence-corrected chi connectivity index (χ2v) is 7.08. The minimum absolute atomic E-state index is 0.263. The Morgan fingerprint density at radius 2 is 1.73 bits per heavy atom. The van der Waals surface area contributed by atoms with Crippen LogP contribution in [0.3, 0.4) is 0 Å². The van der Waals surface area contributed by atoms with E-state index in [1.807, 2.05) is 6.92 Å². The van der Waals surface area contributed by atoms with Crippen LogP contribution in [0.25, 0.3) is 0 Å². The monoisotopic (exact) mass is 176 g/mol. The van der Waals surface area contributed by atoms with E-state index in [1.165, 1.54) is 0 Å². The van der Waals surface area contributed by atoms with Crippen molar-refractivity contribution in [1.29, 1.82) is 0 Å². The van der Waals surface area contributed by atoms with Gasteiger partial charge in [-0.15, -0.1) is 0 Å². The maximum absolute atomic E-state index is 9.50. The Morgan fingerprint density at radius 1 is 1.27 bits per heavy atom. The largest absolute Gasteiger partial charge is 0.397 e. The molecule has 2 nitrogen and oxygen atoms in total. The van der Waals surface area contributed by atoms with Crippen molar-refractivity contribution in [1.82, 2.24) is 0 Å². The third kappa shape index (κ3) is 6.53. The van der Waals surface area contributed by atoms with Gasteiger partial charge in [-0.2, -0.15) is 0 Å². The van der Waals surface area contributed by atoms with Crippen LogP contribution in [0.5, 0.6) is 0 Å². The van der Waals surface area contributed by atoms with Gasteiger partial charge in [-0.1, -0.05) is 27.7 Å². The first-order chi connectivity index (χ1) is 4.77. The molecular formula is C8H20O2Si. The third-order valence-electron chi connectivity index (χ3n) is 1.47. The van der Waals surface area contributed by atoms with Gasteiger partial charge in [0, 0.05) is 0 Å². The van der Waals surface area contributed by atoms with Crippen LogP contribution < -0.4 is 0 Å². The maximum Gasteiger partial charge on any atom is 0.170 e. The molecule has 0 heterocycles. The van der Waals surface area contributed by atoms with E-state index < -0.39 is 15.6 Å². The highest BCUT2D eigenvalue weighted by atomic mass is 28.2. The molecule has 0 saturated carbocycles. The molecule has 0 spiro atoms. The fraction of sp³-hybridized carbons (Fsp3) is 1.00. The first kappa shape index (κ1) is 11.1. The van der Waals surface area contributed by atoms with Gasteiger partial charge in [0.1, 0.15) is 0 Å². The molecule has 0 radical (unpaired) electrons. The van der Waals surface area contributed by atoms with Crippen LogP contribution in [0.2, 0.25) is 5.04 Å². The van der Waals surface area contributed by atoms with Crippen molar-refractivity contribution >= 4 is 9.76 Å². The molecule has 0 rings (SSSR count). The zero-order chi connectivity index (χ0) is 9.12. The van der Waals surface area contributed by atoms with E-state index in [9.17, 15) is 5.11 Å². The molecule has 1 N–H and O–H groups in total. The summed E-state index contributed by atoms with van der Waals surface area (Å²) in [6.45, 7) is 10.1. The van der Waals surface area contributed by atoms with Crippen molar-refractivity contribution in [3.05, 3.63) is 0 Å². The van der Waals surface area contributed by atoms with Crippen molar-refractivity contribution in [3.63, 3.8) is 0 Å². The average molecular weight is 176 g/mol. The molecule has 11 heavy (non-hydrogen) atoms. The predicted octanol–water partition coefficient (Wildman–Crippen LogP) is 1.42. The number of hydrogen-bond acceptors (Lipinski definition) is 2. The van der Waals surface area contributed by atoms with Gasteiger partial charge in [-0.3, -0.25) is 0 Å². The lowest BCUT2D eigenvalue weighted by Crippen LogP contribution is -2.31. The van der Waals surface area contributed by atoms with E-state index in [-0.39, 0.29) is 5.04 Å². The molecule has 1 atom stereocenters. The van der Waals surface area contributed by atoms with Crippen molar-refractivity contribution < 1.29 is 9.53 Å². The normalized spacial score (nSPS) is 19.1. The Morgan fingerprint density at radius 3 is 2.00 bits per heavy atom. The highest BCUT2D eigenvalue weighted by molar-refractivity contribution is 6.31. The van der Waals surface area contributed by atoms with Crippen LogP contribution in [0.1, 0.15) is 41.0 Å². The van der Waals surface area contributed by atoms with E-state index in [1.54, 1.807) is 6.92 Å². The van der Waals surface area contributed by atoms with Gasteiger partial charge < -0.3 is 9.53 Å². The first-order valence-corrected chi connectivity index (χ1v) is 5.42. The van der Waals surface area contributed by atoms with E-state index >= 15 is 0 Å². The summed E-state index contributed by atoms with van der Waals surface area (Å²) in [6.07, 6.45) is 0.663. The first-order valence-electron chi connectivity index (χ1n) is 4.13. The molecule has 0 aliphatic heterocycles. The quantitative estimate of drug-likeness (QED) is 0.520. The van der Waals surface area contributed by atoms with Gasteiger partial charge in [0.2, 0.25) is 0 Å². The van der Waals surface area contributed by atoms with Crippen molar-refractivity contribution in [2.24, 2.45) is 0 Å². The van der Waals surface area contributed by atoms with Gasteiger partial charge in [-0.05, 0) is 18.4 Å². The van der Waals surface area contributed by atoms with Crippen LogP contribution in [0.15, 0.2) is 0 Å². The smallest absolute Gasteiger partial charge is 0.170 e. The Labute approximate surface area is 71.9 Å². The van der Waals surface area contributed by atoms with E-state index in [2.05, 4.69) is 20.8 Å². The zero-order valence-corrected chi connectivity index (χ0v) is 9.68. The molecule has 3 heteroatoms. The minimum atomic E-state index is -0.889. The van der Waals surface area contributed by atoms with Crippen LogP contribution in [-0.4, -0.2) is 20.7 Å². The number of aliphatic hydroxyl groups is 1. The lowest BCUT2D eigenvalue weighted by Gasteiger charge is -2.27. The highest BCUT2D eigenvalue weighted by Crippen LogP contribution is 2.23. The van der Waals surface area contributed by atoms with Gasteiger partial charge in [-0.25, -0.2) is 0 Å². The van der Waals surface area contributed by atoms with Crippen molar-refractivity contribution in [3.8, 4) is 0 Å². The summed E-state index contributed by atoms with van der Waals surface area (Å²) in [4.78, 5) is 0. The molecule has 0 aliphatic carbocycles. The van der Waals surface area contributed by atoms with Crippen LogP contribution in [0, 0.1) is 0 Å². The third-order valence-corrected chi connectivity index (χ3v) is 3.10. The van der Waals surface area contributed by atoms with Gasteiger partial charge >= 0.3 is 0 Å². The molecule has 0 fully saturated rings. The van der Waals surface area contributed by atoms with E-state index in [0.717, 1.165) is 0 Å². The zero-order valence-electron chi connectivity index (χ0n) is 8.27. The van der Waals surface area contributed by atoms with Crippen LogP contribution in [-0.2, 0) is 4.43 Å². The second kappa shape index (κ2) is 3.69. The van der Waals surface area contributed by atoms with Gasteiger partial charge in [0.15, 0.2) is 15.6 Å². The molecule has 1 unspecified atom stereocenters. The molecule has 0 aliphatic rings. The average Bonchev–Trinajstić information content (AvgIpc) is 1.83. The molecule has 0 bridgehead atoms. The molecule has 0 aromatic heterocycles. The summed E-state index contributed by atoms with van der Waals surface area (Å²) >= 11 is 0. The summed E-state index contributed by atoms with van der Waals surface area (Å²) in [6, 6.07) is 0. The number of rotatable bonds is 3. The Kier molecular flexibility index (Phi) is 3.74. The van der Waals surface area contributed by atoms with Crippen LogP contribution >= 0.6 is 0 Å². The highest BCUT2D eigenvalue weighted by Gasteiger charge is 2.21. The Balaban J connectivity index is 3.70. The van der Waals surface area contributed by atoms with Gasteiger partial charge in [0.05, 0.1) is 0 Å². The molecule has 0 aromatic carbocycles. The molecule has 0 amide bonds. The molecule has 0 aromatic rings. The Bertz CT molecular complexity index is 116. The lowest BCUT2D eigenvalue weighted by molar-refractivity contribution is -0.124. The summed E-state index contributed by atoms with van der Waals surface area (Å²) in [5.74, 6) is -0.889. The van der Waals surface area contributed by atoms with Crippen molar-refractivity contribution in [2.75, 3.05) is 0 Å².